The van der Waals surface area contributed by atoms with Gasteiger partial charge in [0.25, 0.3) is 10.0 Å². The first-order chi connectivity index (χ1) is 9.92. The molecule has 8 nitrogen and oxygen atoms in total. The van der Waals surface area contributed by atoms with Crippen LogP contribution in [0.25, 0.3) is 0 Å². The van der Waals surface area contributed by atoms with Crippen molar-refractivity contribution in [1.82, 2.24) is 9.78 Å². The first-order valence-corrected chi connectivity index (χ1v) is 7.17. The molecule has 0 aliphatic rings. The molecule has 0 spiro atoms. The van der Waals surface area contributed by atoms with Crippen LogP contribution in [0.3, 0.4) is 0 Å². The Kier molecular flexibility index (Phi) is 3.91. The highest BCUT2D eigenvalue weighted by atomic mass is 32.2. The first-order valence-electron chi connectivity index (χ1n) is 5.68. The number of carboxylic acid groups (broad SMARTS) is 1. The Morgan fingerprint density at radius 3 is 2.81 bits per heavy atom. The lowest BCUT2D eigenvalue weighted by Crippen LogP contribution is -2.13. The number of rotatable bonds is 5. The fourth-order valence-corrected chi connectivity index (χ4v) is 2.61. The van der Waals surface area contributed by atoms with Crippen molar-refractivity contribution in [3.05, 3.63) is 42.2 Å². The highest BCUT2D eigenvalue weighted by Crippen LogP contribution is 2.18. The van der Waals surface area contributed by atoms with Gasteiger partial charge in [0, 0.05) is 6.20 Å². The van der Waals surface area contributed by atoms with E-state index in [0.717, 1.165) is 17.1 Å². The van der Waals surface area contributed by atoms with Crippen molar-refractivity contribution < 1.29 is 18.3 Å². The molecule has 0 bridgehead atoms. The largest absolute Gasteiger partial charge is 0.480 e. The molecule has 9 heteroatoms. The van der Waals surface area contributed by atoms with Gasteiger partial charge < -0.3 is 5.11 Å². The van der Waals surface area contributed by atoms with Gasteiger partial charge in [0.05, 0.1) is 17.4 Å². The fourth-order valence-electron chi connectivity index (χ4n) is 1.58. The van der Waals surface area contributed by atoms with E-state index in [9.17, 15) is 13.2 Å². The molecule has 0 amide bonds. The van der Waals surface area contributed by atoms with Gasteiger partial charge in [-0.05, 0) is 12.1 Å². The number of nitrogens with one attached hydrogen (secondary N) is 1. The van der Waals surface area contributed by atoms with E-state index in [2.05, 4.69) is 9.82 Å². The molecule has 2 aromatic rings. The number of hydrogen-bond donors (Lipinski definition) is 2. The normalized spacial score (nSPS) is 10.8. The SMILES string of the molecule is N#Cc1ccccc1NS(=O)(=O)c1cnn(CC(=O)O)c1. The van der Waals surface area contributed by atoms with E-state index in [-0.39, 0.29) is 16.1 Å². The summed E-state index contributed by atoms with van der Waals surface area (Å²) in [4.78, 5) is 10.4. The Labute approximate surface area is 120 Å². The second-order valence-corrected chi connectivity index (χ2v) is 5.71. The molecule has 0 fully saturated rings. The molecule has 0 aliphatic carbocycles. The van der Waals surface area contributed by atoms with Crippen molar-refractivity contribution in [2.75, 3.05) is 4.72 Å². The molecule has 0 radical (unpaired) electrons. The lowest BCUT2D eigenvalue weighted by molar-refractivity contribution is -0.137. The van der Waals surface area contributed by atoms with Crippen LogP contribution in [0, 0.1) is 11.3 Å². The third-order valence-corrected chi connectivity index (χ3v) is 3.83. The van der Waals surface area contributed by atoms with Gasteiger partial charge in [-0.25, -0.2) is 8.42 Å². The molecule has 21 heavy (non-hydrogen) atoms. The summed E-state index contributed by atoms with van der Waals surface area (Å²) in [5, 5.41) is 21.2. The molecule has 108 valence electrons. The van der Waals surface area contributed by atoms with Gasteiger partial charge >= 0.3 is 5.97 Å². The number of anilines is 1. The molecule has 0 atom stereocenters. The standard InChI is InChI=1S/C12H10N4O4S/c13-5-9-3-1-2-4-11(9)15-21(19,20)10-6-14-16(7-10)8-12(17)18/h1-4,6-7,15H,8H2,(H,17,18). The van der Waals surface area contributed by atoms with Gasteiger partial charge in [-0.1, -0.05) is 12.1 Å². The molecule has 0 aliphatic heterocycles. The fraction of sp³-hybridized carbons (Fsp3) is 0.0833. The third-order valence-electron chi connectivity index (χ3n) is 2.51. The van der Waals surface area contributed by atoms with Crippen LogP contribution in [0.2, 0.25) is 0 Å². The molecule has 0 unspecified atom stereocenters. The number of aliphatic carboxylic acids is 1. The molecule has 2 N–H and O–H groups in total. The Bertz CT molecular complexity index is 820. The van der Waals surface area contributed by atoms with Crippen LogP contribution in [0.4, 0.5) is 5.69 Å². The monoisotopic (exact) mass is 306 g/mol. The van der Waals surface area contributed by atoms with Crippen LogP contribution in [0.15, 0.2) is 41.6 Å². The summed E-state index contributed by atoms with van der Waals surface area (Å²) in [7, 11) is -3.94. The molecule has 2 rings (SSSR count). The number of benzene rings is 1. The van der Waals surface area contributed by atoms with Crippen LogP contribution in [-0.2, 0) is 21.4 Å². The van der Waals surface area contributed by atoms with E-state index < -0.39 is 22.5 Å². The number of carbonyl (C=O) groups is 1. The number of hydrogen-bond acceptors (Lipinski definition) is 5. The van der Waals surface area contributed by atoms with Gasteiger partial charge in [-0.3, -0.25) is 14.2 Å². The van der Waals surface area contributed by atoms with Crippen LogP contribution < -0.4 is 4.72 Å². The Hall–Kier alpha value is -2.86. The number of sulfonamides is 1. The van der Waals surface area contributed by atoms with E-state index >= 15 is 0 Å². The summed E-state index contributed by atoms with van der Waals surface area (Å²) in [5.41, 5.74) is 0.324. The number of aromatic nitrogens is 2. The summed E-state index contributed by atoms with van der Waals surface area (Å²) in [6, 6.07) is 8.01. The topological polar surface area (TPSA) is 125 Å². The van der Waals surface area contributed by atoms with E-state index in [1.165, 1.54) is 12.1 Å². The van der Waals surface area contributed by atoms with Crippen molar-refractivity contribution in [1.29, 1.82) is 5.26 Å². The maximum absolute atomic E-state index is 12.1. The predicted molar refractivity (Wildman–Crippen MR) is 71.8 cm³/mol. The Balaban J connectivity index is 2.28. The summed E-state index contributed by atoms with van der Waals surface area (Å²) >= 11 is 0. The third kappa shape index (κ3) is 3.37. The van der Waals surface area contributed by atoms with Crippen molar-refractivity contribution in [2.45, 2.75) is 11.4 Å². The quantitative estimate of drug-likeness (QED) is 0.835. The molecular weight excluding hydrogens is 296 g/mol. The number of carboxylic acids is 1. The van der Waals surface area contributed by atoms with Crippen molar-refractivity contribution in [2.24, 2.45) is 0 Å². The van der Waals surface area contributed by atoms with Gasteiger partial charge in [0.15, 0.2) is 0 Å². The van der Waals surface area contributed by atoms with Crippen molar-refractivity contribution >= 4 is 21.7 Å². The van der Waals surface area contributed by atoms with Gasteiger partial charge in [-0.2, -0.15) is 10.4 Å². The van der Waals surface area contributed by atoms with Crippen LogP contribution in [-0.4, -0.2) is 29.3 Å². The minimum absolute atomic E-state index is 0.144. The van der Waals surface area contributed by atoms with Gasteiger partial charge in [0.2, 0.25) is 0 Å². The van der Waals surface area contributed by atoms with Crippen molar-refractivity contribution in [3.8, 4) is 6.07 Å². The van der Waals surface area contributed by atoms with Gasteiger partial charge in [0.1, 0.15) is 17.5 Å². The lowest BCUT2D eigenvalue weighted by Gasteiger charge is -2.07. The van der Waals surface area contributed by atoms with E-state index in [0.29, 0.717) is 0 Å². The zero-order valence-electron chi connectivity index (χ0n) is 10.6. The molecule has 0 saturated carbocycles. The summed E-state index contributed by atoms with van der Waals surface area (Å²) in [6.45, 7) is -0.440. The number of nitriles is 1. The second-order valence-electron chi connectivity index (χ2n) is 4.03. The average molecular weight is 306 g/mol. The molecular formula is C12H10N4O4S. The summed E-state index contributed by atoms with van der Waals surface area (Å²) in [5.74, 6) is -1.13. The molecule has 1 aromatic heterocycles. The highest BCUT2D eigenvalue weighted by molar-refractivity contribution is 7.92. The molecule has 0 saturated heterocycles. The number of para-hydroxylation sites is 1. The first kappa shape index (κ1) is 14.5. The zero-order valence-corrected chi connectivity index (χ0v) is 11.4. The maximum Gasteiger partial charge on any atom is 0.325 e. The summed E-state index contributed by atoms with van der Waals surface area (Å²) in [6.07, 6.45) is 2.14. The van der Waals surface area contributed by atoms with Crippen LogP contribution in [0.1, 0.15) is 5.56 Å². The van der Waals surface area contributed by atoms with Crippen LogP contribution >= 0.6 is 0 Å². The Morgan fingerprint density at radius 2 is 2.14 bits per heavy atom. The summed E-state index contributed by atoms with van der Waals surface area (Å²) < 4.78 is 27.6. The lowest BCUT2D eigenvalue weighted by atomic mass is 10.2. The second kappa shape index (κ2) is 5.64. The van der Waals surface area contributed by atoms with E-state index in [4.69, 9.17) is 10.4 Å². The number of nitrogens with zero attached hydrogens (tertiary/aromatic N) is 3. The zero-order chi connectivity index (χ0) is 15.5. The van der Waals surface area contributed by atoms with E-state index in [1.54, 1.807) is 12.1 Å². The average Bonchev–Trinajstić information content (AvgIpc) is 2.87. The minimum Gasteiger partial charge on any atom is -0.480 e. The molecule has 1 heterocycles. The Morgan fingerprint density at radius 1 is 1.43 bits per heavy atom. The van der Waals surface area contributed by atoms with E-state index in [1.807, 2.05) is 6.07 Å². The van der Waals surface area contributed by atoms with Gasteiger partial charge in [-0.15, -0.1) is 0 Å². The minimum atomic E-state index is -3.94. The molecule has 1 aromatic carbocycles. The van der Waals surface area contributed by atoms with Crippen LogP contribution in [0.5, 0.6) is 0 Å². The maximum atomic E-state index is 12.1. The van der Waals surface area contributed by atoms with Crippen molar-refractivity contribution in [3.63, 3.8) is 0 Å². The smallest absolute Gasteiger partial charge is 0.325 e. The highest BCUT2D eigenvalue weighted by Gasteiger charge is 2.18. The predicted octanol–water partition coefficient (Wildman–Crippen LogP) is 0.640.